The number of hydrogen-bond acceptors (Lipinski definition) is 1. The molecule has 0 N–H and O–H groups in total. The Kier molecular flexibility index (Phi) is 6.91. The lowest BCUT2D eigenvalue weighted by Gasteiger charge is -2.05. The van der Waals surface area contributed by atoms with Crippen molar-refractivity contribution in [2.24, 2.45) is 4.99 Å². The fourth-order valence-electron chi connectivity index (χ4n) is 3.12. The van der Waals surface area contributed by atoms with E-state index in [-0.39, 0.29) is 5.82 Å². The van der Waals surface area contributed by atoms with Gasteiger partial charge in [0.2, 0.25) is 0 Å². The third-order valence-electron chi connectivity index (χ3n) is 4.77. The van der Waals surface area contributed by atoms with Crippen LogP contribution in [0.4, 0.5) is 10.1 Å². The molecule has 3 aromatic carbocycles. The predicted octanol–water partition coefficient (Wildman–Crippen LogP) is 7.45. The molecule has 0 saturated heterocycles. The van der Waals surface area contributed by atoms with Gasteiger partial charge in [-0.1, -0.05) is 54.6 Å². The summed E-state index contributed by atoms with van der Waals surface area (Å²) in [6.45, 7) is 5.65. The maximum atomic E-state index is 14.1. The number of benzene rings is 3. The summed E-state index contributed by atoms with van der Waals surface area (Å²) in [6.07, 6.45) is 8.40. The standard InChI is InChI=1S/C26H26FN/c1-3-4-5-6-7-21-9-11-22(12-10-21)19-28-24-15-13-23(14-16-24)25-17-8-20(2)18-26(25)27/h3,8-19H,1,4-7H2,2H3. The molecule has 1 nitrogen and oxygen atoms in total. The van der Waals surface area contributed by atoms with Gasteiger partial charge >= 0.3 is 0 Å². The van der Waals surface area contributed by atoms with E-state index >= 15 is 0 Å². The molecule has 0 aliphatic rings. The van der Waals surface area contributed by atoms with Crippen LogP contribution in [0.15, 0.2) is 84.4 Å². The highest BCUT2D eigenvalue weighted by Crippen LogP contribution is 2.25. The van der Waals surface area contributed by atoms with Crippen LogP contribution >= 0.6 is 0 Å². The highest BCUT2D eigenvalue weighted by Gasteiger charge is 2.04. The SMILES string of the molecule is C=CCCCCc1ccc(C=Nc2ccc(-c3ccc(C)cc3F)cc2)cc1. The minimum Gasteiger partial charge on any atom is -0.256 e. The Morgan fingerprint density at radius 3 is 2.36 bits per heavy atom. The molecule has 0 spiro atoms. The second-order valence-corrected chi connectivity index (χ2v) is 7.06. The maximum absolute atomic E-state index is 14.1. The number of halogens is 1. The Balaban J connectivity index is 1.62. The summed E-state index contributed by atoms with van der Waals surface area (Å²) in [5.74, 6) is -0.194. The molecule has 142 valence electrons. The molecule has 0 fully saturated rings. The number of nitrogens with zero attached hydrogens (tertiary/aromatic N) is 1. The topological polar surface area (TPSA) is 12.4 Å². The monoisotopic (exact) mass is 371 g/mol. The molecule has 0 saturated carbocycles. The molecule has 0 heterocycles. The molecule has 0 aliphatic carbocycles. The summed E-state index contributed by atoms with van der Waals surface area (Å²) in [5, 5.41) is 0. The van der Waals surface area contributed by atoms with Crippen LogP contribution in [0.5, 0.6) is 0 Å². The lowest BCUT2D eigenvalue weighted by atomic mass is 10.0. The molecule has 0 amide bonds. The van der Waals surface area contributed by atoms with Crippen LogP contribution in [-0.4, -0.2) is 6.21 Å². The minimum atomic E-state index is -0.194. The van der Waals surface area contributed by atoms with Gasteiger partial charge in [-0.25, -0.2) is 4.39 Å². The van der Waals surface area contributed by atoms with E-state index in [1.807, 2.05) is 55.6 Å². The molecule has 3 rings (SSSR count). The highest BCUT2D eigenvalue weighted by atomic mass is 19.1. The fraction of sp³-hybridized carbons (Fsp3) is 0.192. The number of allylic oxidation sites excluding steroid dienone is 1. The Morgan fingerprint density at radius 1 is 0.929 bits per heavy atom. The van der Waals surface area contributed by atoms with Crippen molar-refractivity contribution in [3.63, 3.8) is 0 Å². The maximum Gasteiger partial charge on any atom is 0.131 e. The van der Waals surface area contributed by atoms with E-state index in [0.29, 0.717) is 5.56 Å². The normalized spacial score (nSPS) is 11.1. The van der Waals surface area contributed by atoms with E-state index in [4.69, 9.17) is 0 Å². The molecule has 0 radical (unpaired) electrons. The summed E-state index contributed by atoms with van der Waals surface area (Å²) >= 11 is 0. The van der Waals surface area contributed by atoms with Crippen LogP contribution in [0, 0.1) is 12.7 Å². The lowest BCUT2D eigenvalue weighted by Crippen LogP contribution is -1.87. The Hall–Kier alpha value is -3.00. The first-order chi connectivity index (χ1) is 13.7. The Bertz CT molecular complexity index is 937. The zero-order chi connectivity index (χ0) is 19.8. The lowest BCUT2D eigenvalue weighted by molar-refractivity contribution is 0.630. The smallest absolute Gasteiger partial charge is 0.131 e. The number of hydrogen-bond donors (Lipinski definition) is 0. The van der Waals surface area contributed by atoms with Crippen molar-refractivity contribution in [3.05, 3.63) is 102 Å². The van der Waals surface area contributed by atoms with Gasteiger partial charge < -0.3 is 0 Å². The second-order valence-electron chi connectivity index (χ2n) is 7.06. The van der Waals surface area contributed by atoms with E-state index in [9.17, 15) is 4.39 Å². The van der Waals surface area contributed by atoms with Gasteiger partial charge in [0, 0.05) is 11.8 Å². The number of rotatable bonds is 8. The third-order valence-corrected chi connectivity index (χ3v) is 4.77. The van der Waals surface area contributed by atoms with E-state index in [0.717, 1.165) is 35.2 Å². The Labute approximate surface area is 167 Å². The molecule has 3 aromatic rings. The van der Waals surface area contributed by atoms with Crippen molar-refractivity contribution in [3.8, 4) is 11.1 Å². The Morgan fingerprint density at radius 2 is 1.68 bits per heavy atom. The van der Waals surface area contributed by atoms with Crippen molar-refractivity contribution in [1.82, 2.24) is 0 Å². The molecule has 0 aliphatic heterocycles. The van der Waals surface area contributed by atoms with E-state index in [2.05, 4.69) is 35.8 Å². The van der Waals surface area contributed by atoms with Gasteiger partial charge in [0.1, 0.15) is 5.82 Å². The molecule has 28 heavy (non-hydrogen) atoms. The van der Waals surface area contributed by atoms with Gasteiger partial charge in [-0.15, -0.1) is 6.58 Å². The molecule has 0 atom stereocenters. The van der Waals surface area contributed by atoms with E-state index in [1.165, 1.54) is 18.4 Å². The van der Waals surface area contributed by atoms with Crippen molar-refractivity contribution >= 4 is 11.9 Å². The van der Waals surface area contributed by atoms with Crippen LogP contribution in [0.3, 0.4) is 0 Å². The zero-order valence-electron chi connectivity index (χ0n) is 16.4. The van der Waals surface area contributed by atoms with Gasteiger partial charge in [0.25, 0.3) is 0 Å². The van der Waals surface area contributed by atoms with Crippen molar-refractivity contribution in [2.75, 3.05) is 0 Å². The largest absolute Gasteiger partial charge is 0.256 e. The van der Waals surface area contributed by atoms with Gasteiger partial charge in [-0.3, -0.25) is 4.99 Å². The number of unbranched alkanes of at least 4 members (excludes halogenated alkanes) is 2. The molecule has 2 heteroatoms. The third kappa shape index (κ3) is 5.50. The summed E-state index contributed by atoms with van der Waals surface area (Å²) in [5.41, 5.74) is 5.67. The molecular weight excluding hydrogens is 345 g/mol. The van der Waals surface area contributed by atoms with E-state index in [1.54, 1.807) is 6.07 Å². The molecule has 0 bridgehead atoms. The summed E-state index contributed by atoms with van der Waals surface area (Å²) < 4.78 is 14.1. The first-order valence-electron chi connectivity index (χ1n) is 9.76. The average Bonchev–Trinajstić information content (AvgIpc) is 2.71. The quantitative estimate of drug-likeness (QED) is 0.221. The zero-order valence-corrected chi connectivity index (χ0v) is 16.4. The van der Waals surface area contributed by atoms with E-state index < -0.39 is 0 Å². The van der Waals surface area contributed by atoms with Crippen LogP contribution in [0.2, 0.25) is 0 Å². The predicted molar refractivity (Wildman–Crippen MR) is 118 cm³/mol. The number of aliphatic imine (C=N–C) groups is 1. The van der Waals surface area contributed by atoms with Gasteiger partial charge in [-0.05, 0) is 73.1 Å². The average molecular weight is 371 g/mol. The van der Waals surface area contributed by atoms with Crippen LogP contribution < -0.4 is 0 Å². The molecular formula is C26H26FN. The first-order valence-corrected chi connectivity index (χ1v) is 9.76. The fourth-order valence-corrected chi connectivity index (χ4v) is 3.12. The van der Waals surface area contributed by atoms with Crippen molar-refractivity contribution in [1.29, 1.82) is 0 Å². The van der Waals surface area contributed by atoms with Crippen molar-refractivity contribution in [2.45, 2.75) is 32.6 Å². The van der Waals surface area contributed by atoms with Crippen LogP contribution in [-0.2, 0) is 6.42 Å². The van der Waals surface area contributed by atoms with Crippen LogP contribution in [0.25, 0.3) is 11.1 Å². The summed E-state index contributed by atoms with van der Waals surface area (Å²) in [6, 6.07) is 21.5. The van der Waals surface area contributed by atoms with Gasteiger partial charge in [0.05, 0.1) is 5.69 Å². The van der Waals surface area contributed by atoms with Gasteiger partial charge in [0.15, 0.2) is 0 Å². The van der Waals surface area contributed by atoms with Crippen molar-refractivity contribution < 1.29 is 4.39 Å². The van der Waals surface area contributed by atoms with Crippen LogP contribution in [0.1, 0.15) is 36.0 Å². The summed E-state index contributed by atoms with van der Waals surface area (Å²) in [7, 11) is 0. The second kappa shape index (κ2) is 9.80. The summed E-state index contributed by atoms with van der Waals surface area (Å²) in [4.78, 5) is 4.53. The molecule has 0 aromatic heterocycles. The highest BCUT2D eigenvalue weighted by molar-refractivity contribution is 5.82. The number of aryl methyl sites for hydroxylation is 2. The first kappa shape index (κ1) is 19.8. The minimum absolute atomic E-state index is 0.194. The van der Waals surface area contributed by atoms with Gasteiger partial charge in [-0.2, -0.15) is 0 Å². The molecule has 0 unspecified atom stereocenters.